The quantitative estimate of drug-likeness (QED) is 0.170. The van der Waals surface area contributed by atoms with E-state index < -0.39 is 47.3 Å². The van der Waals surface area contributed by atoms with Gasteiger partial charge >= 0.3 is 24.4 Å². The van der Waals surface area contributed by atoms with E-state index in [0.29, 0.717) is 60.3 Å². The zero-order valence-electron chi connectivity index (χ0n) is 25.8. The normalized spacial score (nSPS) is 22.1. The smallest absolute Gasteiger partial charge is 0.416 e. The molecule has 8 nitrogen and oxygen atoms in total. The minimum Gasteiger partial charge on any atom is -0.466 e. The van der Waals surface area contributed by atoms with Gasteiger partial charge < -0.3 is 14.4 Å². The molecule has 0 bridgehead atoms. The number of esters is 1. The number of rotatable bonds is 11. The van der Waals surface area contributed by atoms with Crippen LogP contribution in [0.25, 0.3) is 0 Å². The van der Waals surface area contributed by atoms with Crippen molar-refractivity contribution in [3.8, 4) is 0 Å². The largest absolute Gasteiger partial charge is 0.466 e. The molecule has 1 unspecified atom stereocenters. The van der Waals surface area contributed by atoms with Crippen molar-refractivity contribution in [2.24, 2.45) is 11.8 Å². The monoisotopic (exact) mass is 722 g/mol. The first-order valence-electron chi connectivity index (χ1n) is 15.3. The van der Waals surface area contributed by atoms with Crippen LogP contribution in [-0.2, 0) is 33.2 Å². The summed E-state index contributed by atoms with van der Waals surface area (Å²) in [5.41, 5.74) is -2.96. The van der Waals surface area contributed by atoms with Gasteiger partial charge in [0.05, 0.1) is 36.5 Å². The van der Waals surface area contributed by atoms with Crippen LogP contribution in [0.5, 0.6) is 0 Å². The molecular formula is C31H37BrF6N4O4. The summed E-state index contributed by atoms with van der Waals surface area (Å²) in [6, 6.07) is 0.297. The average Bonchev–Trinajstić information content (AvgIpc) is 3.25. The number of carbonyl (C=O) groups excluding carboxylic acids is 2. The van der Waals surface area contributed by atoms with Crippen molar-refractivity contribution in [2.45, 2.75) is 90.3 Å². The molecule has 0 radical (unpaired) electrons. The fourth-order valence-corrected chi connectivity index (χ4v) is 6.49. The van der Waals surface area contributed by atoms with E-state index in [0.717, 1.165) is 32.1 Å². The average molecular weight is 724 g/mol. The lowest BCUT2D eigenvalue weighted by atomic mass is 9.80. The van der Waals surface area contributed by atoms with Gasteiger partial charge in [0.15, 0.2) is 5.82 Å². The van der Waals surface area contributed by atoms with Gasteiger partial charge in [-0.15, -0.1) is 0 Å². The molecule has 15 heteroatoms. The summed E-state index contributed by atoms with van der Waals surface area (Å²) in [5, 5.41) is 0. The van der Waals surface area contributed by atoms with E-state index in [1.165, 1.54) is 18.0 Å². The van der Waals surface area contributed by atoms with Crippen LogP contribution in [0.3, 0.4) is 0 Å². The third-order valence-corrected chi connectivity index (χ3v) is 8.82. The van der Waals surface area contributed by atoms with Crippen molar-refractivity contribution in [1.29, 1.82) is 0 Å². The lowest BCUT2D eigenvalue weighted by Crippen LogP contribution is -2.36. The first-order valence-corrected chi connectivity index (χ1v) is 16.1. The number of halogens is 7. The highest BCUT2D eigenvalue weighted by Gasteiger charge is 2.44. The third-order valence-electron chi connectivity index (χ3n) is 8.44. The molecule has 4 rings (SSSR count). The van der Waals surface area contributed by atoms with Crippen LogP contribution >= 0.6 is 15.9 Å². The van der Waals surface area contributed by atoms with E-state index in [2.05, 4.69) is 30.8 Å². The summed E-state index contributed by atoms with van der Waals surface area (Å²) in [5.74, 6) is 0.948. The molecular weight excluding hydrogens is 686 g/mol. The number of anilines is 1. The second kappa shape index (κ2) is 14.8. The van der Waals surface area contributed by atoms with Crippen LogP contribution in [0, 0.1) is 11.8 Å². The maximum absolute atomic E-state index is 13.5. The Labute approximate surface area is 272 Å². The number of aromatic nitrogens is 2. The number of carbonyl (C=O) groups is 2. The number of amides is 1. The van der Waals surface area contributed by atoms with Crippen LogP contribution in [0.15, 0.2) is 29.0 Å². The topological polar surface area (TPSA) is 84.9 Å². The molecule has 1 aliphatic heterocycles. The van der Waals surface area contributed by atoms with Crippen molar-refractivity contribution in [3.05, 3.63) is 51.4 Å². The minimum absolute atomic E-state index is 0.0429. The Hall–Kier alpha value is -3.10. The maximum atomic E-state index is 13.5. The van der Waals surface area contributed by atoms with Crippen molar-refractivity contribution >= 4 is 33.8 Å². The standard InChI is InChI=1S/C31H37BrF6N4O4/c1-4-10-41(16-20-8-6-19(7-9-20)11-26(43)45-5-2)28-24(40-25(32)15-39-28)17-42-18(3)27(46-29(42)44)21-12-22(30(33,34)35)14-23(13-21)31(36,37)38/h12-15,18-20,27H,4-11,16-17H2,1-3H3/t18-,19-,20-,27?/m0/s1. The van der Waals surface area contributed by atoms with Gasteiger partial charge in [-0.25, -0.2) is 14.8 Å². The number of benzene rings is 1. The van der Waals surface area contributed by atoms with Gasteiger partial charge in [-0.2, -0.15) is 26.3 Å². The molecule has 1 saturated carbocycles. The summed E-state index contributed by atoms with van der Waals surface area (Å²) in [4.78, 5) is 37.5. The highest BCUT2D eigenvalue weighted by atomic mass is 79.9. The summed E-state index contributed by atoms with van der Waals surface area (Å²) in [7, 11) is 0. The molecule has 2 fully saturated rings. The highest BCUT2D eigenvalue weighted by Crippen LogP contribution is 2.41. The number of ether oxygens (including phenoxy) is 2. The lowest BCUT2D eigenvalue weighted by Gasteiger charge is -2.34. The molecule has 1 aromatic heterocycles. The van der Waals surface area contributed by atoms with E-state index in [1.54, 1.807) is 6.92 Å². The molecule has 254 valence electrons. The van der Waals surface area contributed by atoms with Gasteiger partial charge in [0.25, 0.3) is 0 Å². The van der Waals surface area contributed by atoms with Crippen LogP contribution in [0.4, 0.5) is 37.0 Å². The molecule has 46 heavy (non-hydrogen) atoms. The molecule has 0 N–H and O–H groups in total. The number of alkyl halides is 6. The van der Waals surface area contributed by atoms with E-state index in [9.17, 15) is 35.9 Å². The molecule has 2 heterocycles. The second-order valence-electron chi connectivity index (χ2n) is 11.8. The van der Waals surface area contributed by atoms with Crippen molar-refractivity contribution in [3.63, 3.8) is 0 Å². The van der Waals surface area contributed by atoms with E-state index in [-0.39, 0.29) is 24.5 Å². The Morgan fingerprint density at radius 3 is 2.22 bits per heavy atom. The fourth-order valence-electron chi connectivity index (χ4n) is 6.17. The van der Waals surface area contributed by atoms with Crippen molar-refractivity contribution < 1.29 is 45.4 Å². The van der Waals surface area contributed by atoms with Crippen LogP contribution in [-0.4, -0.2) is 52.7 Å². The Morgan fingerprint density at radius 1 is 1.04 bits per heavy atom. The second-order valence-corrected chi connectivity index (χ2v) is 12.6. The highest BCUT2D eigenvalue weighted by molar-refractivity contribution is 9.10. The molecule has 1 amide bonds. The molecule has 1 aromatic carbocycles. The maximum Gasteiger partial charge on any atom is 0.416 e. The summed E-state index contributed by atoms with van der Waals surface area (Å²) in [6.07, 6.45) is -5.99. The van der Waals surface area contributed by atoms with Crippen molar-refractivity contribution in [2.75, 3.05) is 24.6 Å². The zero-order valence-corrected chi connectivity index (χ0v) is 27.3. The zero-order chi connectivity index (χ0) is 33.8. The van der Waals surface area contributed by atoms with Gasteiger partial charge in [0, 0.05) is 19.5 Å². The van der Waals surface area contributed by atoms with Gasteiger partial charge in [0.1, 0.15) is 16.4 Å². The Balaban J connectivity index is 1.54. The summed E-state index contributed by atoms with van der Waals surface area (Å²) in [6.45, 7) is 6.84. The number of cyclic esters (lactones) is 1. The van der Waals surface area contributed by atoms with E-state index >= 15 is 0 Å². The minimum atomic E-state index is -5.04. The Morgan fingerprint density at radius 2 is 1.65 bits per heavy atom. The SMILES string of the molecule is CCCN(C[C@H]1CC[C@H](CC(=O)OCC)CC1)c1ncc(Br)nc1CN1C(=O)OC(c2cc(C(F)(F)F)cc(C(F)(F)F)c2)[C@@H]1C. The molecule has 2 atom stereocenters. The molecule has 2 aliphatic rings. The number of hydrogen-bond donors (Lipinski definition) is 0. The van der Waals surface area contributed by atoms with Gasteiger partial charge in [-0.1, -0.05) is 6.92 Å². The number of nitrogens with zero attached hydrogens (tertiary/aromatic N) is 4. The van der Waals surface area contributed by atoms with Gasteiger partial charge in [-0.3, -0.25) is 9.69 Å². The van der Waals surface area contributed by atoms with Crippen molar-refractivity contribution in [1.82, 2.24) is 14.9 Å². The third kappa shape index (κ3) is 8.82. The van der Waals surface area contributed by atoms with Crippen LogP contribution < -0.4 is 4.90 Å². The van der Waals surface area contributed by atoms with Crippen LogP contribution in [0.1, 0.15) is 87.8 Å². The molecule has 1 saturated heterocycles. The number of hydrogen-bond acceptors (Lipinski definition) is 7. The molecule has 0 spiro atoms. The summed E-state index contributed by atoms with van der Waals surface area (Å²) >= 11 is 3.32. The van der Waals surface area contributed by atoms with Gasteiger partial charge in [0.2, 0.25) is 0 Å². The van der Waals surface area contributed by atoms with Crippen LogP contribution in [0.2, 0.25) is 0 Å². The lowest BCUT2D eigenvalue weighted by molar-refractivity contribution is -0.145. The van der Waals surface area contributed by atoms with E-state index in [1.807, 2.05) is 6.92 Å². The summed E-state index contributed by atoms with van der Waals surface area (Å²) < 4.78 is 92.0. The predicted molar refractivity (Wildman–Crippen MR) is 160 cm³/mol. The van der Waals surface area contributed by atoms with E-state index in [4.69, 9.17) is 9.47 Å². The molecule has 1 aliphatic carbocycles. The fraction of sp³-hybridized carbons (Fsp3) is 0.613. The first-order chi connectivity index (χ1) is 21.6. The first kappa shape index (κ1) is 35.7. The Bertz CT molecular complexity index is 1350. The molecule has 2 aromatic rings. The Kier molecular flexibility index (Phi) is 11.5. The predicted octanol–water partition coefficient (Wildman–Crippen LogP) is 8.33. The van der Waals surface area contributed by atoms with Gasteiger partial charge in [-0.05, 0) is 97.5 Å².